The minimum atomic E-state index is 0.0830. The van der Waals surface area contributed by atoms with Crippen LogP contribution in [0.1, 0.15) is 31.0 Å². The van der Waals surface area contributed by atoms with E-state index in [-0.39, 0.29) is 6.61 Å². The highest BCUT2D eigenvalue weighted by Gasteiger charge is 2.22. The van der Waals surface area contributed by atoms with Gasteiger partial charge in [0.1, 0.15) is 5.82 Å². The second-order valence-corrected chi connectivity index (χ2v) is 5.49. The number of rotatable bonds is 5. The van der Waals surface area contributed by atoms with Gasteiger partial charge in [-0.15, -0.1) is 0 Å². The largest absolute Gasteiger partial charge is 0.392 e. The number of aryl methyl sites for hydroxylation is 1. The molecule has 1 aliphatic heterocycles. The van der Waals surface area contributed by atoms with Crippen molar-refractivity contribution >= 4 is 5.82 Å². The molecule has 1 saturated heterocycles. The van der Waals surface area contributed by atoms with Crippen LogP contribution in [0.15, 0.2) is 12.1 Å². The zero-order chi connectivity index (χ0) is 13.8. The predicted octanol–water partition coefficient (Wildman–Crippen LogP) is 1.67. The first kappa shape index (κ1) is 14.3. The second-order valence-electron chi connectivity index (χ2n) is 5.49. The first-order chi connectivity index (χ1) is 9.13. The molecule has 106 valence electrons. The van der Waals surface area contributed by atoms with E-state index in [2.05, 4.69) is 35.8 Å². The average molecular weight is 263 g/mol. The van der Waals surface area contributed by atoms with Crippen molar-refractivity contribution in [3.05, 3.63) is 23.4 Å². The number of anilines is 1. The van der Waals surface area contributed by atoms with Crippen molar-refractivity contribution in [2.75, 3.05) is 32.1 Å². The van der Waals surface area contributed by atoms with Crippen molar-refractivity contribution in [2.45, 2.75) is 38.8 Å². The Balaban J connectivity index is 2.11. The van der Waals surface area contributed by atoms with Crippen molar-refractivity contribution in [3.63, 3.8) is 0 Å². The third-order valence-corrected chi connectivity index (χ3v) is 4.02. The number of nitrogens with zero attached hydrogens (tertiary/aromatic N) is 3. The van der Waals surface area contributed by atoms with Gasteiger partial charge in [-0.25, -0.2) is 4.98 Å². The van der Waals surface area contributed by atoms with Crippen LogP contribution >= 0.6 is 0 Å². The van der Waals surface area contributed by atoms with Crippen LogP contribution in [0.2, 0.25) is 0 Å². The molecule has 2 rings (SSSR count). The maximum absolute atomic E-state index is 9.34. The Morgan fingerprint density at radius 2 is 2.26 bits per heavy atom. The van der Waals surface area contributed by atoms with Gasteiger partial charge in [0.05, 0.1) is 6.61 Å². The molecule has 0 aromatic carbocycles. The SMILES string of the molecule is CCc1cc(CO)cc(N(C)CC2CCCN2C)n1. The summed E-state index contributed by atoms with van der Waals surface area (Å²) in [5, 5.41) is 9.34. The number of hydrogen-bond donors (Lipinski definition) is 1. The first-order valence-corrected chi connectivity index (χ1v) is 7.16. The van der Waals surface area contributed by atoms with Gasteiger partial charge in [0.2, 0.25) is 0 Å². The van der Waals surface area contributed by atoms with Crippen LogP contribution in [-0.2, 0) is 13.0 Å². The van der Waals surface area contributed by atoms with Crippen LogP contribution in [0.5, 0.6) is 0 Å². The lowest BCUT2D eigenvalue weighted by Crippen LogP contribution is -2.37. The van der Waals surface area contributed by atoms with E-state index in [1.54, 1.807) is 0 Å². The Labute approximate surface area is 116 Å². The number of aromatic nitrogens is 1. The van der Waals surface area contributed by atoms with Gasteiger partial charge in [-0.05, 0) is 50.6 Å². The van der Waals surface area contributed by atoms with Crippen LogP contribution in [0.25, 0.3) is 0 Å². The number of aliphatic hydroxyl groups is 1. The Bertz CT molecular complexity index is 400. The Morgan fingerprint density at radius 1 is 1.47 bits per heavy atom. The Morgan fingerprint density at radius 3 is 2.84 bits per heavy atom. The summed E-state index contributed by atoms with van der Waals surface area (Å²) in [5.41, 5.74) is 2.00. The van der Waals surface area contributed by atoms with E-state index in [1.807, 2.05) is 12.1 Å². The lowest BCUT2D eigenvalue weighted by molar-refractivity contribution is 0.281. The molecule has 1 unspecified atom stereocenters. The molecular formula is C15H25N3O. The third-order valence-electron chi connectivity index (χ3n) is 4.02. The standard InChI is InChI=1S/C15H25N3O/c1-4-13-8-12(11-19)9-15(16-13)18(3)10-14-6-5-7-17(14)2/h8-9,14,19H,4-7,10-11H2,1-3H3. The van der Waals surface area contributed by atoms with Crippen LogP contribution in [0.4, 0.5) is 5.82 Å². The monoisotopic (exact) mass is 263 g/mol. The lowest BCUT2D eigenvalue weighted by Gasteiger charge is -2.27. The summed E-state index contributed by atoms with van der Waals surface area (Å²) in [6.07, 6.45) is 3.46. The molecule has 0 radical (unpaired) electrons. The summed E-state index contributed by atoms with van der Waals surface area (Å²) >= 11 is 0. The van der Waals surface area contributed by atoms with Crippen molar-refractivity contribution < 1.29 is 5.11 Å². The zero-order valence-electron chi connectivity index (χ0n) is 12.3. The number of pyridine rings is 1. The van der Waals surface area contributed by atoms with Gasteiger partial charge in [0.25, 0.3) is 0 Å². The topological polar surface area (TPSA) is 39.6 Å². The molecule has 0 aliphatic carbocycles. The summed E-state index contributed by atoms with van der Waals surface area (Å²) in [6.45, 7) is 4.38. The molecule has 1 atom stereocenters. The maximum Gasteiger partial charge on any atom is 0.128 e. The normalized spacial score (nSPS) is 19.9. The number of aliphatic hydroxyl groups excluding tert-OH is 1. The molecule has 4 nitrogen and oxygen atoms in total. The summed E-state index contributed by atoms with van der Waals surface area (Å²) < 4.78 is 0. The van der Waals surface area contributed by atoms with Gasteiger partial charge >= 0.3 is 0 Å². The smallest absolute Gasteiger partial charge is 0.128 e. The minimum absolute atomic E-state index is 0.0830. The van der Waals surface area contributed by atoms with E-state index in [0.29, 0.717) is 6.04 Å². The van der Waals surface area contributed by atoms with Gasteiger partial charge in [0, 0.05) is 25.3 Å². The minimum Gasteiger partial charge on any atom is -0.392 e. The van der Waals surface area contributed by atoms with E-state index in [9.17, 15) is 5.11 Å². The van der Waals surface area contributed by atoms with E-state index < -0.39 is 0 Å². The molecule has 1 aromatic heterocycles. The van der Waals surface area contributed by atoms with Gasteiger partial charge in [0.15, 0.2) is 0 Å². The molecule has 1 fully saturated rings. The molecule has 0 bridgehead atoms. The average Bonchev–Trinajstić information content (AvgIpc) is 2.83. The molecule has 2 heterocycles. The Hall–Kier alpha value is -1.13. The van der Waals surface area contributed by atoms with Gasteiger partial charge in [-0.3, -0.25) is 0 Å². The summed E-state index contributed by atoms with van der Waals surface area (Å²) in [4.78, 5) is 9.30. The molecular weight excluding hydrogens is 238 g/mol. The van der Waals surface area contributed by atoms with Gasteiger partial charge in [-0.1, -0.05) is 6.92 Å². The Kier molecular flexibility index (Phi) is 4.77. The molecule has 1 aromatic rings. The number of likely N-dealkylation sites (N-methyl/N-ethyl adjacent to an activating group) is 2. The quantitative estimate of drug-likeness (QED) is 0.877. The third kappa shape index (κ3) is 3.45. The molecule has 0 saturated carbocycles. The predicted molar refractivity (Wildman–Crippen MR) is 78.5 cm³/mol. The first-order valence-electron chi connectivity index (χ1n) is 7.16. The second kappa shape index (κ2) is 6.35. The highest BCUT2D eigenvalue weighted by atomic mass is 16.3. The highest BCUT2D eigenvalue weighted by Crippen LogP contribution is 2.20. The fourth-order valence-electron chi connectivity index (χ4n) is 2.72. The van der Waals surface area contributed by atoms with Crippen LogP contribution < -0.4 is 4.90 Å². The van der Waals surface area contributed by atoms with Crippen LogP contribution in [-0.4, -0.2) is 48.2 Å². The lowest BCUT2D eigenvalue weighted by atomic mass is 10.2. The molecule has 19 heavy (non-hydrogen) atoms. The van der Waals surface area contributed by atoms with Crippen molar-refractivity contribution in [1.29, 1.82) is 0 Å². The number of likely N-dealkylation sites (tertiary alicyclic amines) is 1. The van der Waals surface area contributed by atoms with E-state index in [1.165, 1.54) is 19.4 Å². The highest BCUT2D eigenvalue weighted by molar-refractivity contribution is 5.42. The number of hydrogen-bond acceptors (Lipinski definition) is 4. The summed E-state index contributed by atoms with van der Waals surface area (Å²) in [6, 6.07) is 4.60. The maximum atomic E-state index is 9.34. The molecule has 1 aliphatic rings. The fourth-order valence-corrected chi connectivity index (χ4v) is 2.72. The van der Waals surface area contributed by atoms with Gasteiger partial charge in [-0.2, -0.15) is 0 Å². The van der Waals surface area contributed by atoms with Crippen molar-refractivity contribution in [3.8, 4) is 0 Å². The fraction of sp³-hybridized carbons (Fsp3) is 0.667. The van der Waals surface area contributed by atoms with E-state index in [4.69, 9.17) is 0 Å². The van der Waals surface area contributed by atoms with Crippen LogP contribution in [0.3, 0.4) is 0 Å². The van der Waals surface area contributed by atoms with Crippen molar-refractivity contribution in [1.82, 2.24) is 9.88 Å². The van der Waals surface area contributed by atoms with E-state index in [0.717, 1.165) is 30.0 Å². The van der Waals surface area contributed by atoms with Gasteiger partial charge < -0.3 is 14.9 Å². The van der Waals surface area contributed by atoms with Crippen LogP contribution in [0, 0.1) is 0 Å². The summed E-state index contributed by atoms with van der Waals surface area (Å²) in [7, 11) is 4.29. The molecule has 0 amide bonds. The molecule has 0 spiro atoms. The van der Waals surface area contributed by atoms with Crippen molar-refractivity contribution in [2.24, 2.45) is 0 Å². The molecule has 4 heteroatoms. The summed E-state index contributed by atoms with van der Waals surface area (Å²) in [5.74, 6) is 0.976. The zero-order valence-corrected chi connectivity index (χ0v) is 12.3. The molecule has 1 N–H and O–H groups in total. The van der Waals surface area contributed by atoms with E-state index >= 15 is 0 Å².